The maximum Gasteiger partial charge on any atom is 0.324 e. The molecule has 0 aliphatic carbocycles. The Labute approximate surface area is 98.2 Å². The molecule has 1 N–H and O–H groups in total. The molecule has 6 heteroatoms. The quantitative estimate of drug-likeness (QED) is 0.640. The second kappa shape index (κ2) is 4.90. The number of hydrogen-bond acceptors (Lipinski definition) is 5. The minimum atomic E-state index is -0.328. The van der Waals surface area contributed by atoms with Crippen molar-refractivity contribution in [2.45, 2.75) is 19.0 Å². The molecule has 1 fully saturated rings. The molecule has 0 radical (unpaired) electrons. The summed E-state index contributed by atoms with van der Waals surface area (Å²) in [6.07, 6.45) is 1.16. The van der Waals surface area contributed by atoms with Crippen molar-refractivity contribution < 1.29 is 4.92 Å². The van der Waals surface area contributed by atoms with E-state index >= 15 is 0 Å². The number of likely N-dealkylation sites (N-methyl/N-ethyl adjacent to an activating group) is 1. The van der Waals surface area contributed by atoms with Crippen LogP contribution in [0.1, 0.15) is 11.3 Å². The molecule has 1 aliphatic rings. The normalized spacial score (nSPS) is 20.5. The molecule has 1 unspecified atom stereocenters. The van der Waals surface area contributed by atoms with Crippen molar-refractivity contribution in [2.24, 2.45) is 0 Å². The molecule has 16 heavy (non-hydrogen) atoms. The molecule has 2 heterocycles. The Balaban J connectivity index is 1.94. The summed E-state index contributed by atoms with van der Waals surface area (Å²) >= 11 is 1.27. The van der Waals surface area contributed by atoms with Crippen LogP contribution < -0.4 is 5.32 Å². The van der Waals surface area contributed by atoms with E-state index in [4.69, 9.17) is 0 Å². The second-order valence-corrected chi connectivity index (χ2v) is 5.21. The van der Waals surface area contributed by atoms with Gasteiger partial charge < -0.3 is 5.32 Å². The molecule has 5 nitrogen and oxygen atoms in total. The fourth-order valence-corrected chi connectivity index (χ4v) is 2.82. The topological polar surface area (TPSA) is 58.4 Å². The van der Waals surface area contributed by atoms with E-state index in [-0.39, 0.29) is 9.92 Å². The maximum absolute atomic E-state index is 10.5. The summed E-state index contributed by atoms with van der Waals surface area (Å²) in [6.45, 7) is 2.88. The molecule has 1 saturated heterocycles. The van der Waals surface area contributed by atoms with Crippen LogP contribution in [0.4, 0.5) is 5.00 Å². The van der Waals surface area contributed by atoms with E-state index in [1.165, 1.54) is 11.3 Å². The van der Waals surface area contributed by atoms with Gasteiger partial charge in [0.1, 0.15) is 0 Å². The van der Waals surface area contributed by atoms with Gasteiger partial charge in [-0.1, -0.05) is 11.3 Å². The number of hydrogen-bond donors (Lipinski definition) is 1. The zero-order valence-electron chi connectivity index (χ0n) is 9.18. The summed E-state index contributed by atoms with van der Waals surface area (Å²) in [5.41, 5.74) is 0. The molecular formula is C10H15N3O2S. The van der Waals surface area contributed by atoms with Crippen molar-refractivity contribution in [3.8, 4) is 0 Å². The highest BCUT2D eigenvalue weighted by Gasteiger charge is 2.20. The summed E-state index contributed by atoms with van der Waals surface area (Å²) in [7, 11) is 2.07. The SMILES string of the molecule is CN(Cc1ccc([N+](=O)[O-])s1)C1CCNC1. The van der Waals surface area contributed by atoms with Gasteiger partial charge in [-0.25, -0.2) is 0 Å². The molecule has 1 aromatic rings. The Morgan fingerprint density at radius 2 is 2.50 bits per heavy atom. The van der Waals surface area contributed by atoms with Gasteiger partial charge in [-0.2, -0.15) is 0 Å². The van der Waals surface area contributed by atoms with Gasteiger partial charge >= 0.3 is 5.00 Å². The van der Waals surface area contributed by atoms with Crippen LogP contribution in [0.25, 0.3) is 0 Å². The molecule has 1 aromatic heterocycles. The average Bonchev–Trinajstić information content (AvgIpc) is 2.87. The third-order valence-electron chi connectivity index (χ3n) is 2.89. The summed E-state index contributed by atoms with van der Waals surface area (Å²) in [5, 5.41) is 14.1. The molecule has 0 aromatic carbocycles. The highest BCUT2D eigenvalue weighted by molar-refractivity contribution is 7.15. The number of thiophene rings is 1. The van der Waals surface area contributed by atoms with Crippen LogP contribution in [0, 0.1) is 10.1 Å². The Bertz CT molecular complexity index is 374. The van der Waals surface area contributed by atoms with E-state index in [0.29, 0.717) is 6.04 Å². The van der Waals surface area contributed by atoms with Crippen molar-refractivity contribution >= 4 is 16.3 Å². The first kappa shape index (κ1) is 11.5. The van der Waals surface area contributed by atoms with E-state index in [9.17, 15) is 10.1 Å². The van der Waals surface area contributed by atoms with Gasteiger partial charge in [0.25, 0.3) is 0 Å². The van der Waals surface area contributed by atoms with Crippen molar-refractivity contribution in [2.75, 3.05) is 20.1 Å². The first-order valence-corrected chi connectivity index (χ1v) is 6.12. The van der Waals surface area contributed by atoms with Gasteiger partial charge in [0.05, 0.1) is 4.92 Å². The lowest BCUT2D eigenvalue weighted by atomic mass is 10.2. The fourth-order valence-electron chi connectivity index (χ4n) is 1.94. The zero-order chi connectivity index (χ0) is 11.5. The predicted octanol–water partition coefficient (Wildman–Crippen LogP) is 1.45. The van der Waals surface area contributed by atoms with Gasteiger partial charge in [-0.05, 0) is 26.1 Å². The molecular weight excluding hydrogens is 226 g/mol. The van der Waals surface area contributed by atoms with Gasteiger partial charge in [-0.3, -0.25) is 15.0 Å². The highest BCUT2D eigenvalue weighted by Crippen LogP contribution is 2.25. The molecule has 0 saturated carbocycles. The molecule has 0 amide bonds. The number of nitro groups is 1. The summed E-state index contributed by atoms with van der Waals surface area (Å²) in [5.74, 6) is 0. The molecule has 1 aliphatic heterocycles. The largest absolute Gasteiger partial charge is 0.324 e. The van der Waals surface area contributed by atoms with Crippen molar-refractivity contribution in [1.29, 1.82) is 0 Å². The standard InChI is InChI=1S/C10H15N3O2S/c1-12(8-4-5-11-6-8)7-9-2-3-10(16-9)13(14)15/h2-3,8,11H,4-7H2,1H3. The molecule has 2 rings (SSSR count). The van der Waals surface area contributed by atoms with Crippen LogP contribution in [0.5, 0.6) is 0 Å². The minimum absolute atomic E-state index is 0.230. The Kier molecular flexibility index (Phi) is 3.52. The molecule has 88 valence electrons. The van der Waals surface area contributed by atoms with Crippen LogP contribution in [0.3, 0.4) is 0 Å². The summed E-state index contributed by atoms with van der Waals surface area (Å²) in [6, 6.07) is 3.99. The zero-order valence-corrected chi connectivity index (χ0v) is 10.00. The predicted molar refractivity (Wildman–Crippen MR) is 63.7 cm³/mol. The smallest absolute Gasteiger partial charge is 0.315 e. The van der Waals surface area contributed by atoms with Gasteiger partial charge in [0.15, 0.2) is 0 Å². The lowest BCUT2D eigenvalue weighted by molar-refractivity contribution is -0.380. The molecule has 0 bridgehead atoms. The lowest BCUT2D eigenvalue weighted by Crippen LogP contribution is -2.32. The summed E-state index contributed by atoms with van der Waals surface area (Å²) < 4.78 is 0. The van der Waals surface area contributed by atoms with Crippen LogP contribution >= 0.6 is 11.3 Å². The first-order chi connectivity index (χ1) is 7.66. The Hall–Kier alpha value is -0.980. The lowest BCUT2D eigenvalue weighted by Gasteiger charge is -2.22. The maximum atomic E-state index is 10.5. The average molecular weight is 241 g/mol. The van der Waals surface area contributed by atoms with Crippen molar-refractivity contribution in [1.82, 2.24) is 10.2 Å². The van der Waals surface area contributed by atoms with E-state index in [0.717, 1.165) is 30.9 Å². The third kappa shape index (κ3) is 2.58. The number of nitrogens with one attached hydrogen (secondary N) is 1. The van der Waals surface area contributed by atoms with Gasteiger partial charge in [-0.15, -0.1) is 0 Å². The van der Waals surface area contributed by atoms with Crippen LogP contribution in [0.15, 0.2) is 12.1 Å². The van der Waals surface area contributed by atoms with Gasteiger partial charge in [0, 0.05) is 30.1 Å². The van der Waals surface area contributed by atoms with E-state index in [2.05, 4.69) is 17.3 Å². The Morgan fingerprint density at radius 3 is 3.06 bits per heavy atom. The first-order valence-electron chi connectivity index (χ1n) is 5.31. The minimum Gasteiger partial charge on any atom is -0.315 e. The van der Waals surface area contributed by atoms with Crippen molar-refractivity contribution in [3.63, 3.8) is 0 Å². The van der Waals surface area contributed by atoms with Gasteiger partial charge in [0.2, 0.25) is 0 Å². The van der Waals surface area contributed by atoms with E-state index in [1.807, 2.05) is 6.07 Å². The third-order valence-corrected chi connectivity index (χ3v) is 3.91. The summed E-state index contributed by atoms with van der Waals surface area (Å²) in [4.78, 5) is 13.5. The molecule has 0 spiro atoms. The monoisotopic (exact) mass is 241 g/mol. The highest BCUT2D eigenvalue weighted by atomic mass is 32.1. The fraction of sp³-hybridized carbons (Fsp3) is 0.600. The number of rotatable bonds is 4. The van der Waals surface area contributed by atoms with Crippen molar-refractivity contribution in [3.05, 3.63) is 27.1 Å². The Morgan fingerprint density at radius 1 is 1.69 bits per heavy atom. The molecule has 1 atom stereocenters. The number of nitrogens with zero attached hydrogens (tertiary/aromatic N) is 2. The van der Waals surface area contributed by atoms with E-state index in [1.54, 1.807) is 6.07 Å². The van der Waals surface area contributed by atoms with E-state index < -0.39 is 0 Å². The van der Waals surface area contributed by atoms with Crippen LogP contribution in [0.2, 0.25) is 0 Å². The van der Waals surface area contributed by atoms with Crippen LogP contribution in [-0.2, 0) is 6.54 Å². The van der Waals surface area contributed by atoms with Crippen LogP contribution in [-0.4, -0.2) is 36.0 Å². The second-order valence-electron chi connectivity index (χ2n) is 4.06.